The molecule has 78 valence electrons. The molecule has 1 aromatic heterocycles. The molecule has 0 saturated carbocycles. The number of rotatable bonds is 0. The molecule has 0 spiro atoms. The topological polar surface area (TPSA) is 18.0 Å². The Bertz CT molecular complexity index is 316. The molecular formula is C9H19N2OSi2+. The van der Waals surface area contributed by atoms with E-state index in [-0.39, 0.29) is 0 Å². The van der Waals surface area contributed by atoms with E-state index in [1.165, 1.54) is 0 Å². The molecule has 0 amide bonds. The van der Waals surface area contributed by atoms with Gasteiger partial charge in [0.05, 0.1) is 0 Å². The van der Waals surface area contributed by atoms with Gasteiger partial charge in [-0.3, -0.25) is 0 Å². The number of hydrogen-bond acceptors (Lipinski definition) is 1. The van der Waals surface area contributed by atoms with E-state index in [2.05, 4.69) is 54.0 Å². The van der Waals surface area contributed by atoms with Crippen molar-refractivity contribution in [1.29, 1.82) is 0 Å². The Morgan fingerprint density at radius 1 is 1.21 bits per heavy atom. The summed E-state index contributed by atoms with van der Waals surface area (Å²) in [5.74, 6) is 0. The van der Waals surface area contributed by atoms with Crippen LogP contribution in [0.25, 0.3) is 0 Å². The minimum Gasteiger partial charge on any atom is -0.450 e. The highest BCUT2D eigenvalue weighted by Crippen LogP contribution is 2.18. The van der Waals surface area contributed by atoms with E-state index in [4.69, 9.17) is 4.12 Å². The van der Waals surface area contributed by atoms with Crippen molar-refractivity contribution in [3.05, 3.63) is 18.7 Å². The molecule has 0 N–H and O–H groups in total. The molecule has 0 radical (unpaired) electrons. The molecule has 14 heavy (non-hydrogen) atoms. The third-order valence-corrected chi connectivity index (χ3v) is 9.10. The second-order valence-electron chi connectivity index (χ2n) is 5.38. The first-order valence-electron chi connectivity index (χ1n) is 5.11. The third kappa shape index (κ3) is 2.16. The minimum atomic E-state index is -1.49. The molecule has 0 atom stereocenters. The van der Waals surface area contributed by atoms with Crippen LogP contribution in [0.4, 0.5) is 0 Å². The molecule has 5 heteroatoms. The van der Waals surface area contributed by atoms with Crippen molar-refractivity contribution < 1.29 is 8.68 Å². The van der Waals surface area contributed by atoms with Crippen LogP contribution in [0.5, 0.6) is 0 Å². The first kappa shape index (κ1) is 10.1. The van der Waals surface area contributed by atoms with Crippen molar-refractivity contribution in [2.45, 2.75) is 38.5 Å². The van der Waals surface area contributed by atoms with Crippen LogP contribution < -0.4 is 4.57 Å². The summed E-state index contributed by atoms with van der Waals surface area (Å²) >= 11 is 0. The average Bonchev–Trinajstić information content (AvgIpc) is 2.28. The maximum Gasteiger partial charge on any atom is 0.243 e. The lowest BCUT2D eigenvalue weighted by Crippen LogP contribution is -2.56. The fourth-order valence-electron chi connectivity index (χ4n) is 2.32. The van der Waals surface area contributed by atoms with Crippen LogP contribution in [-0.2, 0) is 16.5 Å². The van der Waals surface area contributed by atoms with Gasteiger partial charge in [-0.15, -0.1) is 0 Å². The second kappa shape index (κ2) is 3.05. The molecule has 0 unspecified atom stereocenters. The van der Waals surface area contributed by atoms with Crippen LogP contribution in [0.15, 0.2) is 18.7 Å². The first-order chi connectivity index (χ1) is 6.36. The summed E-state index contributed by atoms with van der Waals surface area (Å²) in [7, 11) is -2.97. The molecular weight excluding hydrogens is 208 g/mol. The number of fused-ring (bicyclic) bond motifs is 2. The zero-order chi connectivity index (χ0) is 10.4. The number of aromatic nitrogens is 2. The maximum atomic E-state index is 6.38. The lowest BCUT2D eigenvalue weighted by molar-refractivity contribution is -0.681. The summed E-state index contributed by atoms with van der Waals surface area (Å²) in [6, 6.07) is 0. The lowest BCUT2D eigenvalue weighted by atomic mass is 10.9. The summed E-state index contributed by atoms with van der Waals surface area (Å²) < 4.78 is 10.9. The summed E-state index contributed by atoms with van der Waals surface area (Å²) in [6.07, 6.45) is 8.70. The van der Waals surface area contributed by atoms with E-state index in [1.54, 1.807) is 0 Å². The third-order valence-electron chi connectivity index (χ3n) is 2.43. The number of nitrogens with zero attached hydrogens (tertiary/aromatic N) is 2. The highest BCUT2D eigenvalue weighted by molar-refractivity contribution is 6.83. The van der Waals surface area contributed by atoms with Crippen molar-refractivity contribution >= 4 is 16.6 Å². The fraction of sp³-hybridized carbons (Fsp3) is 0.667. The van der Waals surface area contributed by atoms with Gasteiger partial charge in [0.2, 0.25) is 23.0 Å². The van der Waals surface area contributed by atoms with Gasteiger partial charge in [-0.05, 0) is 26.2 Å². The van der Waals surface area contributed by atoms with Gasteiger partial charge < -0.3 is 4.12 Å². The monoisotopic (exact) mass is 227 g/mol. The Hall–Kier alpha value is -0.396. The molecule has 3 nitrogen and oxygen atoms in total. The Morgan fingerprint density at radius 3 is 2.64 bits per heavy atom. The van der Waals surface area contributed by atoms with E-state index < -0.39 is 16.6 Å². The van der Waals surface area contributed by atoms with E-state index in [0.717, 1.165) is 12.3 Å². The molecule has 1 aliphatic rings. The van der Waals surface area contributed by atoms with E-state index in [9.17, 15) is 0 Å². The van der Waals surface area contributed by atoms with Crippen molar-refractivity contribution in [2.24, 2.45) is 0 Å². The molecule has 0 saturated heterocycles. The van der Waals surface area contributed by atoms with Crippen LogP contribution in [0.3, 0.4) is 0 Å². The van der Waals surface area contributed by atoms with Crippen molar-refractivity contribution in [2.75, 3.05) is 0 Å². The van der Waals surface area contributed by atoms with Gasteiger partial charge in [-0.1, -0.05) is 0 Å². The summed E-state index contributed by atoms with van der Waals surface area (Å²) in [4.78, 5) is 0. The summed E-state index contributed by atoms with van der Waals surface area (Å²) in [5, 5.41) is 0. The van der Waals surface area contributed by atoms with Gasteiger partial charge in [0.25, 0.3) is 0 Å². The highest BCUT2D eigenvalue weighted by Gasteiger charge is 2.38. The largest absolute Gasteiger partial charge is 0.450 e. The Morgan fingerprint density at radius 2 is 1.93 bits per heavy atom. The maximum absolute atomic E-state index is 6.38. The number of imidazole rings is 1. The predicted octanol–water partition coefficient (Wildman–Crippen LogP) is 1.29. The van der Waals surface area contributed by atoms with Crippen LogP contribution in [-0.4, -0.2) is 21.2 Å². The van der Waals surface area contributed by atoms with E-state index in [1.807, 2.05) is 0 Å². The zero-order valence-electron chi connectivity index (χ0n) is 9.45. The molecule has 0 aromatic carbocycles. The molecule has 2 heterocycles. The first-order valence-corrected chi connectivity index (χ1v) is 11.3. The quantitative estimate of drug-likeness (QED) is 0.482. The van der Waals surface area contributed by atoms with Gasteiger partial charge in [-0.2, -0.15) is 0 Å². The van der Waals surface area contributed by atoms with Crippen molar-refractivity contribution in [3.8, 4) is 0 Å². The van der Waals surface area contributed by atoms with Gasteiger partial charge in [0, 0.05) is 0 Å². The highest BCUT2D eigenvalue weighted by atomic mass is 28.4. The molecule has 1 aromatic rings. The average molecular weight is 227 g/mol. The van der Waals surface area contributed by atoms with Crippen LogP contribution >= 0.6 is 0 Å². The van der Waals surface area contributed by atoms with Gasteiger partial charge in [0.1, 0.15) is 24.7 Å². The van der Waals surface area contributed by atoms with E-state index >= 15 is 0 Å². The zero-order valence-corrected chi connectivity index (χ0v) is 11.4. The standard InChI is InChI=1S/C9H19N2OSi2/c1-13(2)8-10-5-6-11(7-10)9-14(3,4)12-13/h5-7H,8-9H2,1-4H3/q+1. The normalized spacial score (nSPS) is 24.0. The van der Waals surface area contributed by atoms with Gasteiger partial charge >= 0.3 is 0 Å². The molecule has 0 aliphatic carbocycles. The lowest BCUT2D eigenvalue weighted by Gasteiger charge is -2.32. The number of hydrogen-bond donors (Lipinski definition) is 0. The van der Waals surface area contributed by atoms with Crippen molar-refractivity contribution in [3.63, 3.8) is 0 Å². The van der Waals surface area contributed by atoms with E-state index in [0.29, 0.717) is 0 Å². The minimum absolute atomic E-state index is 1.08. The predicted molar refractivity (Wildman–Crippen MR) is 60.7 cm³/mol. The Balaban J connectivity index is 2.37. The van der Waals surface area contributed by atoms with Crippen molar-refractivity contribution in [1.82, 2.24) is 4.57 Å². The molecule has 0 fully saturated rings. The van der Waals surface area contributed by atoms with Gasteiger partial charge in [-0.25, -0.2) is 9.13 Å². The Kier molecular flexibility index (Phi) is 2.20. The van der Waals surface area contributed by atoms with Crippen LogP contribution in [0, 0.1) is 0 Å². The Labute approximate surface area is 87.6 Å². The van der Waals surface area contributed by atoms with Gasteiger partial charge in [0.15, 0.2) is 0 Å². The molecule has 2 rings (SSSR count). The SMILES string of the molecule is C[Si]1(C)Cn2cc[n+](c2)C[Si](C)(C)O1. The summed E-state index contributed by atoms with van der Waals surface area (Å²) in [6.45, 7) is 9.27. The fourth-order valence-corrected chi connectivity index (χ4v) is 11.0. The van der Waals surface area contributed by atoms with Crippen LogP contribution in [0.1, 0.15) is 0 Å². The molecule has 1 aliphatic heterocycles. The smallest absolute Gasteiger partial charge is 0.243 e. The van der Waals surface area contributed by atoms with Crippen LogP contribution in [0.2, 0.25) is 26.2 Å². The molecule has 2 bridgehead atoms. The second-order valence-corrected chi connectivity index (χ2v) is 13.9. The summed E-state index contributed by atoms with van der Waals surface area (Å²) in [5.41, 5.74) is 0.